The smallest absolute Gasteiger partial charge is 0.317 e. The van der Waals surface area contributed by atoms with Gasteiger partial charge in [0, 0.05) is 19.1 Å². The lowest BCUT2D eigenvalue weighted by Gasteiger charge is -2.43. The van der Waals surface area contributed by atoms with Gasteiger partial charge in [-0.1, -0.05) is 27.2 Å². The van der Waals surface area contributed by atoms with Crippen molar-refractivity contribution < 1.29 is 9.90 Å². The van der Waals surface area contributed by atoms with Crippen LogP contribution in [-0.4, -0.2) is 60.6 Å². The van der Waals surface area contributed by atoms with Crippen LogP contribution in [0.25, 0.3) is 0 Å². The normalized spacial score (nSPS) is 27.5. The van der Waals surface area contributed by atoms with E-state index in [1.54, 1.807) is 0 Å². The second-order valence-corrected chi connectivity index (χ2v) is 7.06. The molecule has 0 spiro atoms. The van der Waals surface area contributed by atoms with Crippen LogP contribution in [0.3, 0.4) is 0 Å². The molecule has 118 valence electrons. The minimum Gasteiger partial charge on any atom is -0.480 e. The number of nitrogens with zero attached hydrogens (tertiary/aromatic N) is 2. The van der Waals surface area contributed by atoms with Crippen molar-refractivity contribution in [3.8, 4) is 0 Å². The number of carboxylic acid groups (broad SMARTS) is 1. The van der Waals surface area contributed by atoms with E-state index in [0.29, 0.717) is 23.8 Å². The van der Waals surface area contributed by atoms with E-state index in [-0.39, 0.29) is 6.54 Å². The fourth-order valence-electron chi connectivity index (χ4n) is 3.44. The molecule has 4 heteroatoms. The molecule has 3 atom stereocenters. The molecule has 0 bridgehead atoms. The highest BCUT2D eigenvalue weighted by molar-refractivity contribution is 5.69. The van der Waals surface area contributed by atoms with Crippen molar-refractivity contribution in [2.24, 2.45) is 17.8 Å². The first-order valence-corrected chi connectivity index (χ1v) is 7.91. The fraction of sp³-hybridized carbons (Fsp3) is 0.938. The molecule has 1 N–H and O–H groups in total. The molecule has 0 aliphatic heterocycles. The average Bonchev–Trinajstić information content (AvgIpc) is 2.33. The molecule has 20 heavy (non-hydrogen) atoms. The lowest BCUT2D eigenvalue weighted by Crippen LogP contribution is -2.49. The topological polar surface area (TPSA) is 43.8 Å². The van der Waals surface area contributed by atoms with E-state index in [4.69, 9.17) is 0 Å². The molecule has 4 nitrogen and oxygen atoms in total. The number of carboxylic acids is 1. The van der Waals surface area contributed by atoms with Crippen molar-refractivity contribution in [2.45, 2.75) is 46.1 Å². The van der Waals surface area contributed by atoms with Gasteiger partial charge < -0.3 is 10.0 Å². The maximum atomic E-state index is 11.2. The van der Waals surface area contributed by atoms with Crippen LogP contribution in [0.4, 0.5) is 0 Å². The quantitative estimate of drug-likeness (QED) is 0.779. The van der Waals surface area contributed by atoms with Crippen molar-refractivity contribution >= 4 is 5.97 Å². The Hall–Kier alpha value is -0.610. The third-order valence-electron chi connectivity index (χ3n) is 4.63. The highest BCUT2D eigenvalue weighted by Crippen LogP contribution is 2.36. The monoisotopic (exact) mass is 284 g/mol. The fourth-order valence-corrected chi connectivity index (χ4v) is 3.44. The Balaban J connectivity index is 2.79. The molecule has 0 saturated heterocycles. The van der Waals surface area contributed by atoms with Crippen molar-refractivity contribution in [2.75, 3.05) is 33.7 Å². The molecule has 0 heterocycles. The summed E-state index contributed by atoms with van der Waals surface area (Å²) < 4.78 is 0. The lowest BCUT2D eigenvalue weighted by atomic mass is 9.73. The second-order valence-electron chi connectivity index (χ2n) is 7.06. The molecule has 3 unspecified atom stereocenters. The number of hydrogen-bond donors (Lipinski definition) is 1. The zero-order valence-electron chi connectivity index (χ0n) is 13.8. The van der Waals surface area contributed by atoms with Crippen molar-refractivity contribution in [3.05, 3.63) is 0 Å². The van der Waals surface area contributed by atoms with Crippen molar-refractivity contribution in [3.63, 3.8) is 0 Å². The summed E-state index contributed by atoms with van der Waals surface area (Å²) in [6.45, 7) is 8.79. The number of carbonyl (C=O) groups is 1. The standard InChI is InChI=1S/C16H32N2O2/c1-12(2)14-7-6-13(3)10-15(14)18(11-16(19)20)9-8-17(4)5/h12-15H,6-11H2,1-5H3,(H,19,20). The lowest BCUT2D eigenvalue weighted by molar-refractivity contribution is -0.139. The van der Waals surface area contributed by atoms with Gasteiger partial charge in [-0.05, 0) is 44.7 Å². The van der Waals surface area contributed by atoms with Crippen LogP contribution in [0, 0.1) is 17.8 Å². The van der Waals surface area contributed by atoms with E-state index in [9.17, 15) is 9.90 Å². The van der Waals surface area contributed by atoms with E-state index < -0.39 is 5.97 Å². The molecule has 0 aromatic rings. The van der Waals surface area contributed by atoms with Gasteiger partial charge in [-0.3, -0.25) is 9.69 Å². The summed E-state index contributed by atoms with van der Waals surface area (Å²) in [4.78, 5) is 15.5. The molecule has 1 fully saturated rings. The Labute approximate surface area is 124 Å². The summed E-state index contributed by atoms with van der Waals surface area (Å²) in [5.74, 6) is 1.27. The Morgan fingerprint density at radius 1 is 1.25 bits per heavy atom. The van der Waals surface area contributed by atoms with E-state index in [0.717, 1.165) is 19.5 Å². The third-order valence-corrected chi connectivity index (χ3v) is 4.63. The van der Waals surface area contributed by atoms with Crippen LogP contribution in [0.2, 0.25) is 0 Å². The molecule has 1 rings (SSSR count). The van der Waals surface area contributed by atoms with Gasteiger partial charge in [0.15, 0.2) is 0 Å². The second kappa shape index (κ2) is 7.99. The SMILES string of the molecule is CC1CCC(C(C)C)C(N(CCN(C)C)CC(=O)O)C1. The van der Waals surface area contributed by atoms with Gasteiger partial charge in [0.2, 0.25) is 0 Å². The molecule has 0 aromatic heterocycles. The Morgan fingerprint density at radius 2 is 1.90 bits per heavy atom. The number of hydrogen-bond acceptors (Lipinski definition) is 3. The molecular weight excluding hydrogens is 252 g/mol. The van der Waals surface area contributed by atoms with Crippen LogP contribution in [-0.2, 0) is 4.79 Å². The van der Waals surface area contributed by atoms with Crippen molar-refractivity contribution in [1.29, 1.82) is 0 Å². The highest BCUT2D eigenvalue weighted by Gasteiger charge is 2.35. The molecule has 1 aliphatic rings. The van der Waals surface area contributed by atoms with Crippen LogP contribution in [0.1, 0.15) is 40.0 Å². The first-order valence-electron chi connectivity index (χ1n) is 7.91. The van der Waals surface area contributed by atoms with Gasteiger partial charge in [-0.25, -0.2) is 0 Å². The Morgan fingerprint density at radius 3 is 2.40 bits per heavy atom. The number of likely N-dealkylation sites (N-methyl/N-ethyl adjacent to an activating group) is 1. The maximum absolute atomic E-state index is 11.2. The van der Waals surface area contributed by atoms with Crippen LogP contribution in [0.15, 0.2) is 0 Å². The summed E-state index contributed by atoms with van der Waals surface area (Å²) in [7, 11) is 4.09. The summed E-state index contributed by atoms with van der Waals surface area (Å²) in [6.07, 6.45) is 3.67. The summed E-state index contributed by atoms with van der Waals surface area (Å²) in [5, 5.41) is 9.22. The molecule has 1 aliphatic carbocycles. The van der Waals surface area contributed by atoms with E-state index in [1.165, 1.54) is 12.8 Å². The molecule has 0 amide bonds. The predicted octanol–water partition coefficient (Wildman–Crippen LogP) is 2.40. The largest absolute Gasteiger partial charge is 0.480 e. The number of aliphatic carboxylic acids is 1. The molecule has 0 radical (unpaired) electrons. The van der Waals surface area contributed by atoms with E-state index >= 15 is 0 Å². The molecular formula is C16H32N2O2. The minimum absolute atomic E-state index is 0.175. The van der Waals surface area contributed by atoms with Crippen LogP contribution < -0.4 is 0 Å². The minimum atomic E-state index is -0.704. The van der Waals surface area contributed by atoms with Gasteiger partial charge >= 0.3 is 5.97 Å². The zero-order valence-corrected chi connectivity index (χ0v) is 13.8. The van der Waals surface area contributed by atoms with Gasteiger partial charge in [-0.2, -0.15) is 0 Å². The van der Waals surface area contributed by atoms with Crippen molar-refractivity contribution in [1.82, 2.24) is 9.80 Å². The van der Waals surface area contributed by atoms with Crippen LogP contribution >= 0.6 is 0 Å². The third kappa shape index (κ3) is 5.41. The van der Waals surface area contributed by atoms with Crippen LogP contribution in [0.5, 0.6) is 0 Å². The zero-order chi connectivity index (χ0) is 15.3. The van der Waals surface area contributed by atoms with Gasteiger partial charge in [0.1, 0.15) is 0 Å². The molecule has 1 saturated carbocycles. The van der Waals surface area contributed by atoms with Gasteiger partial charge in [0.25, 0.3) is 0 Å². The first-order chi connectivity index (χ1) is 9.31. The Kier molecular flexibility index (Phi) is 6.96. The maximum Gasteiger partial charge on any atom is 0.317 e. The Bertz CT molecular complexity index is 305. The van der Waals surface area contributed by atoms with E-state index in [1.807, 2.05) is 14.1 Å². The van der Waals surface area contributed by atoms with Gasteiger partial charge in [0.05, 0.1) is 6.54 Å². The summed E-state index contributed by atoms with van der Waals surface area (Å²) >= 11 is 0. The van der Waals surface area contributed by atoms with E-state index in [2.05, 4.69) is 30.6 Å². The first kappa shape index (κ1) is 17.4. The number of rotatable bonds is 7. The molecule has 0 aromatic carbocycles. The van der Waals surface area contributed by atoms with Gasteiger partial charge in [-0.15, -0.1) is 0 Å². The average molecular weight is 284 g/mol. The summed E-state index contributed by atoms with van der Waals surface area (Å²) in [5.41, 5.74) is 0. The summed E-state index contributed by atoms with van der Waals surface area (Å²) in [6, 6.07) is 0.426. The highest BCUT2D eigenvalue weighted by atomic mass is 16.4. The predicted molar refractivity (Wildman–Crippen MR) is 82.9 cm³/mol.